The van der Waals surface area contributed by atoms with E-state index in [0.717, 1.165) is 21.8 Å². The molecule has 0 radical (unpaired) electrons. The van der Waals surface area contributed by atoms with E-state index < -0.39 is 0 Å². The Morgan fingerprint density at radius 3 is 2.65 bits per heavy atom. The van der Waals surface area contributed by atoms with Gasteiger partial charge in [-0.1, -0.05) is 30.3 Å². The number of hydrogen-bond acceptors (Lipinski definition) is 4. The van der Waals surface area contributed by atoms with Gasteiger partial charge in [0.2, 0.25) is 0 Å². The normalized spacial score (nSPS) is 10.5. The number of nitrogens with zero attached hydrogens (tertiary/aromatic N) is 3. The molecule has 0 saturated heterocycles. The molecule has 0 aliphatic heterocycles. The molecule has 5 heteroatoms. The van der Waals surface area contributed by atoms with Crippen molar-refractivity contribution in [3.8, 4) is 10.6 Å². The van der Waals surface area contributed by atoms with Crippen LogP contribution >= 0.6 is 11.3 Å². The maximum absolute atomic E-state index is 12.7. The van der Waals surface area contributed by atoms with Crippen LogP contribution in [0.3, 0.4) is 0 Å². The molecule has 3 aromatic rings. The molecule has 0 saturated carbocycles. The second-order valence-corrected chi connectivity index (χ2v) is 6.32. The van der Waals surface area contributed by atoms with Gasteiger partial charge in [-0.3, -0.25) is 9.78 Å². The zero-order valence-electron chi connectivity index (χ0n) is 13.1. The van der Waals surface area contributed by atoms with Gasteiger partial charge in [-0.05, 0) is 24.6 Å². The maximum Gasteiger partial charge on any atom is 0.265 e. The number of benzene rings is 1. The molecule has 116 valence electrons. The molecule has 1 aromatic carbocycles. The van der Waals surface area contributed by atoms with Gasteiger partial charge >= 0.3 is 0 Å². The Hall–Kier alpha value is -2.53. The first-order valence-corrected chi connectivity index (χ1v) is 8.14. The summed E-state index contributed by atoms with van der Waals surface area (Å²) in [6.07, 6.45) is 3.49. The van der Waals surface area contributed by atoms with Crippen LogP contribution in [0, 0.1) is 6.92 Å². The van der Waals surface area contributed by atoms with Gasteiger partial charge in [0.25, 0.3) is 5.91 Å². The van der Waals surface area contributed by atoms with E-state index in [0.29, 0.717) is 11.4 Å². The van der Waals surface area contributed by atoms with E-state index in [1.807, 2.05) is 56.4 Å². The third-order valence-corrected chi connectivity index (χ3v) is 4.70. The number of carbonyl (C=O) groups excluding carboxylic acids is 1. The molecule has 2 heterocycles. The summed E-state index contributed by atoms with van der Waals surface area (Å²) < 4.78 is 0. The van der Waals surface area contributed by atoms with Crippen LogP contribution in [0.2, 0.25) is 0 Å². The van der Waals surface area contributed by atoms with Crippen molar-refractivity contribution in [1.82, 2.24) is 14.9 Å². The van der Waals surface area contributed by atoms with Crippen molar-refractivity contribution in [2.24, 2.45) is 0 Å². The predicted octanol–water partition coefficient (Wildman–Crippen LogP) is 3.79. The van der Waals surface area contributed by atoms with E-state index in [1.165, 1.54) is 11.3 Å². The third-order valence-electron chi connectivity index (χ3n) is 3.51. The SMILES string of the molecule is Cc1nc(-c2cccnc2)sc1C(=O)N(C)Cc1ccccc1. The number of hydrogen-bond donors (Lipinski definition) is 0. The molecule has 0 aliphatic carbocycles. The number of carbonyl (C=O) groups is 1. The van der Waals surface area contributed by atoms with Gasteiger partial charge in [0.1, 0.15) is 9.88 Å². The smallest absolute Gasteiger partial charge is 0.265 e. The molecule has 0 fully saturated rings. The van der Waals surface area contributed by atoms with Gasteiger partial charge in [0.05, 0.1) is 5.69 Å². The molecule has 2 aromatic heterocycles. The molecule has 0 spiro atoms. The second-order valence-electron chi connectivity index (χ2n) is 5.32. The van der Waals surface area contributed by atoms with Crippen LogP contribution in [0.4, 0.5) is 0 Å². The fraction of sp³-hybridized carbons (Fsp3) is 0.167. The van der Waals surface area contributed by atoms with Crippen LogP contribution in [-0.2, 0) is 6.54 Å². The summed E-state index contributed by atoms with van der Waals surface area (Å²) in [6.45, 7) is 2.46. The van der Waals surface area contributed by atoms with Crippen LogP contribution in [0.15, 0.2) is 54.9 Å². The highest BCUT2D eigenvalue weighted by Crippen LogP contribution is 2.28. The first-order valence-electron chi connectivity index (χ1n) is 7.32. The summed E-state index contributed by atoms with van der Waals surface area (Å²) in [4.78, 5) is 23.7. The lowest BCUT2D eigenvalue weighted by atomic mass is 10.2. The molecule has 0 unspecified atom stereocenters. The molecule has 23 heavy (non-hydrogen) atoms. The number of rotatable bonds is 4. The molecule has 0 bridgehead atoms. The lowest BCUT2D eigenvalue weighted by Crippen LogP contribution is -2.26. The van der Waals surface area contributed by atoms with E-state index in [1.54, 1.807) is 17.3 Å². The lowest BCUT2D eigenvalue weighted by Gasteiger charge is -2.16. The number of amides is 1. The Labute approximate surface area is 139 Å². The number of pyridine rings is 1. The van der Waals surface area contributed by atoms with Crippen molar-refractivity contribution >= 4 is 17.2 Å². The zero-order valence-corrected chi connectivity index (χ0v) is 13.9. The minimum absolute atomic E-state index is 0.000932. The average molecular weight is 323 g/mol. The van der Waals surface area contributed by atoms with Gasteiger partial charge < -0.3 is 4.90 Å². The summed E-state index contributed by atoms with van der Waals surface area (Å²) in [7, 11) is 1.82. The van der Waals surface area contributed by atoms with E-state index in [-0.39, 0.29) is 5.91 Å². The summed E-state index contributed by atoms with van der Waals surface area (Å²) in [5.41, 5.74) is 2.81. The van der Waals surface area contributed by atoms with Crippen molar-refractivity contribution in [3.63, 3.8) is 0 Å². The summed E-state index contributed by atoms with van der Waals surface area (Å²) in [5.74, 6) is -0.000932. The predicted molar refractivity (Wildman–Crippen MR) is 92.3 cm³/mol. The van der Waals surface area contributed by atoms with Gasteiger partial charge in [0.15, 0.2) is 0 Å². The molecule has 0 aliphatic rings. The number of aromatic nitrogens is 2. The van der Waals surface area contributed by atoms with E-state index in [9.17, 15) is 4.79 Å². The number of aryl methyl sites for hydroxylation is 1. The van der Waals surface area contributed by atoms with Crippen molar-refractivity contribution in [1.29, 1.82) is 0 Å². The topological polar surface area (TPSA) is 46.1 Å². The first kappa shape index (κ1) is 15.4. The Balaban J connectivity index is 1.81. The van der Waals surface area contributed by atoms with Gasteiger partial charge in [-0.15, -0.1) is 11.3 Å². The first-order chi connectivity index (χ1) is 11.1. The number of thiazole rings is 1. The quantitative estimate of drug-likeness (QED) is 0.734. The molecular weight excluding hydrogens is 306 g/mol. The molecular formula is C18H17N3OS. The minimum atomic E-state index is -0.000932. The summed E-state index contributed by atoms with van der Waals surface area (Å²) in [5, 5.41) is 0.826. The van der Waals surface area contributed by atoms with Gasteiger partial charge in [0, 0.05) is 31.5 Å². The highest BCUT2D eigenvalue weighted by Gasteiger charge is 2.19. The van der Waals surface area contributed by atoms with Gasteiger partial charge in [-0.2, -0.15) is 0 Å². The molecule has 0 atom stereocenters. The van der Waals surface area contributed by atoms with Crippen LogP contribution in [-0.4, -0.2) is 27.8 Å². The zero-order chi connectivity index (χ0) is 16.2. The van der Waals surface area contributed by atoms with Crippen LogP contribution in [0.1, 0.15) is 20.9 Å². The monoisotopic (exact) mass is 323 g/mol. The Morgan fingerprint density at radius 1 is 1.17 bits per heavy atom. The minimum Gasteiger partial charge on any atom is -0.337 e. The van der Waals surface area contributed by atoms with E-state index in [2.05, 4.69) is 9.97 Å². The Kier molecular flexibility index (Phi) is 4.48. The van der Waals surface area contributed by atoms with Gasteiger partial charge in [-0.25, -0.2) is 4.98 Å². The van der Waals surface area contributed by atoms with Crippen LogP contribution in [0.25, 0.3) is 10.6 Å². The average Bonchev–Trinajstić information content (AvgIpc) is 2.97. The summed E-state index contributed by atoms with van der Waals surface area (Å²) >= 11 is 1.42. The van der Waals surface area contributed by atoms with Crippen molar-refractivity contribution in [2.75, 3.05) is 7.05 Å². The molecule has 0 N–H and O–H groups in total. The van der Waals surface area contributed by atoms with E-state index in [4.69, 9.17) is 0 Å². The van der Waals surface area contributed by atoms with E-state index >= 15 is 0 Å². The highest BCUT2D eigenvalue weighted by molar-refractivity contribution is 7.17. The maximum atomic E-state index is 12.7. The fourth-order valence-electron chi connectivity index (χ4n) is 2.31. The van der Waals surface area contributed by atoms with Crippen molar-refractivity contribution in [2.45, 2.75) is 13.5 Å². The molecule has 3 rings (SSSR count). The van der Waals surface area contributed by atoms with Crippen molar-refractivity contribution in [3.05, 3.63) is 71.0 Å². The Morgan fingerprint density at radius 2 is 1.96 bits per heavy atom. The van der Waals surface area contributed by atoms with Crippen LogP contribution in [0.5, 0.6) is 0 Å². The molecule has 4 nitrogen and oxygen atoms in total. The van der Waals surface area contributed by atoms with Crippen LogP contribution < -0.4 is 0 Å². The highest BCUT2D eigenvalue weighted by atomic mass is 32.1. The third kappa shape index (κ3) is 3.46. The molecule has 1 amide bonds. The van der Waals surface area contributed by atoms with Crippen molar-refractivity contribution < 1.29 is 4.79 Å². The fourth-order valence-corrected chi connectivity index (χ4v) is 3.36. The largest absolute Gasteiger partial charge is 0.337 e. The lowest BCUT2D eigenvalue weighted by molar-refractivity contribution is 0.0789. The summed E-state index contributed by atoms with van der Waals surface area (Å²) in [6, 6.07) is 13.8. The Bertz CT molecular complexity index is 800. The standard InChI is InChI=1S/C18H17N3OS/c1-13-16(23-17(20-13)15-9-6-10-19-11-15)18(22)21(2)12-14-7-4-3-5-8-14/h3-11H,12H2,1-2H3. The second kappa shape index (κ2) is 6.71.